The highest BCUT2D eigenvalue weighted by Crippen LogP contribution is 2.30. The molecule has 4 aromatic carbocycles. The number of hydrogen-bond acceptors (Lipinski definition) is 0. The van der Waals surface area contributed by atoms with Crippen LogP contribution in [0, 0.1) is 0 Å². The highest BCUT2D eigenvalue weighted by molar-refractivity contribution is 6.17. The molecule has 19 heavy (non-hydrogen) atoms. The minimum absolute atomic E-state index is 0. The number of benzene rings is 4. The Hall–Kier alpha value is -2.34. The van der Waals surface area contributed by atoms with Crippen LogP contribution < -0.4 is 0 Å². The largest absolute Gasteiger partial charge is 0.0776 e. The molecule has 0 saturated heterocycles. The van der Waals surface area contributed by atoms with Gasteiger partial charge in [-0.2, -0.15) is 0 Å². The topological polar surface area (TPSA) is 0 Å². The van der Waals surface area contributed by atoms with Crippen LogP contribution in [0.1, 0.15) is 7.43 Å². The molecule has 0 fully saturated rings. The van der Waals surface area contributed by atoms with Crippen LogP contribution in [0.2, 0.25) is 0 Å². The van der Waals surface area contributed by atoms with E-state index in [-0.39, 0.29) is 7.43 Å². The lowest BCUT2D eigenvalue weighted by molar-refractivity contribution is 1.77. The predicted octanol–water partition coefficient (Wildman–Crippen LogP) is 5.78. The van der Waals surface area contributed by atoms with Crippen LogP contribution in [0.15, 0.2) is 72.8 Å². The van der Waals surface area contributed by atoms with Crippen molar-refractivity contribution in [1.82, 2.24) is 0 Å². The first kappa shape index (κ1) is 11.7. The first-order valence-corrected chi connectivity index (χ1v) is 6.23. The van der Waals surface area contributed by atoms with Gasteiger partial charge in [-0.1, -0.05) is 80.2 Å². The summed E-state index contributed by atoms with van der Waals surface area (Å²) in [5.41, 5.74) is 0. The van der Waals surface area contributed by atoms with Crippen LogP contribution in [0.4, 0.5) is 0 Å². The SMILES string of the molecule is C.c1ccc2c(c1)ccc1c3ccccc3ccc21. The van der Waals surface area contributed by atoms with Gasteiger partial charge >= 0.3 is 0 Å². The van der Waals surface area contributed by atoms with Gasteiger partial charge < -0.3 is 0 Å². The molecule has 0 saturated carbocycles. The Labute approximate surface area is 113 Å². The summed E-state index contributed by atoms with van der Waals surface area (Å²) in [6.07, 6.45) is 0. The molecule has 0 N–H and O–H groups in total. The Bertz CT molecular complexity index is 797. The first-order chi connectivity index (χ1) is 8.93. The van der Waals surface area contributed by atoms with Crippen molar-refractivity contribution < 1.29 is 0 Å². The molecule has 0 bridgehead atoms. The van der Waals surface area contributed by atoms with Crippen molar-refractivity contribution in [3.63, 3.8) is 0 Å². The van der Waals surface area contributed by atoms with Crippen LogP contribution in [-0.2, 0) is 0 Å². The van der Waals surface area contributed by atoms with Crippen molar-refractivity contribution >= 4 is 32.3 Å². The summed E-state index contributed by atoms with van der Waals surface area (Å²) in [4.78, 5) is 0. The molecule has 0 nitrogen and oxygen atoms in total. The predicted molar refractivity (Wildman–Crippen MR) is 85.7 cm³/mol. The average Bonchev–Trinajstić information content (AvgIpc) is 2.46. The zero-order chi connectivity index (χ0) is 11.9. The minimum atomic E-state index is 0. The van der Waals surface area contributed by atoms with Gasteiger partial charge in [0.05, 0.1) is 0 Å². The molecule has 0 aliphatic carbocycles. The van der Waals surface area contributed by atoms with Gasteiger partial charge in [-0.3, -0.25) is 0 Å². The third-order valence-corrected chi connectivity index (χ3v) is 3.65. The quantitative estimate of drug-likeness (QED) is 0.344. The van der Waals surface area contributed by atoms with Gasteiger partial charge in [0.1, 0.15) is 0 Å². The van der Waals surface area contributed by atoms with Crippen molar-refractivity contribution in [2.75, 3.05) is 0 Å². The molecule has 0 unspecified atom stereocenters. The lowest BCUT2D eigenvalue weighted by Crippen LogP contribution is -1.79. The van der Waals surface area contributed by atoms with Crippen LogP contribution in [0.25, 0.3) is 32.3 Å². The third kappa shape index (κ3) is 1.68. The monoisotopic (exact) mass is 244 g/mol. The van der Waals surface area contributed by atoms with Crippen molar-refractivity contribution in [3.8, 4) is 0 Å². The van der Waals surface area contributed by atoms with Gasteiger partial charge in [0.2, 0.25) is 0 Å². The summed E-state index contributed by atoms with van der Waals surface area (Å²) < 4.78 is 0. The highest BCUT2D eigenvalue weighted by atomic mass is 14.1. The molecule has 0 aliphatic rings. The van der Waals surface area contributed by atoms with E-state index >= 15 is 0 Å². The summed E-state index contributed by atoms with van der Waals surface area (Å²) in [6, 6.07) is 26.0. The molecule has 0 heterocycles. The van der Waals surface area contributed by atoms with Crippen molar-refractivity contribution in [3.05, 3.63) is 72.8 Å². The van der Waals surface area contributed by atoms with Crippen molar-refractivity contribution in [2.45, 2.75) is 7.43 Å². The summed E-state index contributed by atoms with van der Waals surface area (Å²) in [5.74, 6) is 0. The van der Waals surface area contributed by atoms with Crippen LogP contribution >= 0.6 is 0 Å². The van der Waals surface area contributed by atoms with E-state index in [9.17, 15) is 0 Å². The van der Waals surface area contributed by atoms with E-state index in [0.29, 0.717) is 0 Å². The fourth-order valence-electron chi connectivity index (χ4n) is 2.77. The van der Waals surface area contributed by atoms with Gasteiger partial charge in [0.25, 0.3) is 0 Å². The second kappa shape index (κ2) is 4.40. The van der Waals surface area contributed by atoms with E-state index in [1.54, 1.807) is 0 Å². The smallest absolute Gasteiger partial charge is 0.00990 e. The zero-order valence-electron chi connectivity index (χ0n) is 9.93. The molecule has 0 aromatic heterocycles. The molecule has 0 atom stereocenters. The molecule has 0 heteroatoms. The van der Waals surface area contributed by atoms with Gasteiger partial charge in [-0.15, -0.1) is 0 Å². The van der Waals surface area contributed by atoms with Crippen LogP contribution in [-0.4, -0.2) is 0 Å². The maximum absolute atomic E-state index is 2.24. The molecule has 0 spiro atoms. The maximum atomic E-state index is 2.24. The molecule has 4 rings (SSSR count). The van der Waals surface area contributed by atoms with Crippen LogP contribution in [0.3, 0.4) is 0 Å². The van der Waals surface area contributed by atoms with E-state index in [1.165, 1.54) is 32.3 Å². The Balaban J connectivity index is 0.00000110. The third-order valence-electron chi connectivity index (χ3n) is 3.65. The molecule has 92 valence electrons. The van der Waals surface area contributed by atoms with Crippen molar-refractivity contribution in [2.24, 2.45) is 0 Å². The second-order valence-electron chi connectivity index (χ2n) is 4.67. The number of fused-ring (bicyclic) bond motifs is 5. The fraction of sp³-hybridized carbons (Fsp3) is 0.0526. The molecule has 0 amide bonds. The van der Waals surface area contributed by atoms with Gasteiger partial charge in [-0.25, -0.2) is 0 Å². The maximum Gasteiger partial charge on any atom is -0.00990 e. The van der Waals surface area contributed by atoms with Gasteiger partial charge in [0, 0.05) is 0 Å². The standard InChI is InChI=1S/C18H12.CH4/c1-3-7-15-13(5-1)9-11-18-16-8-4-2-6-14(16)10-12-17(15)18;/h1-12H;1H4. The van der Waals surface area contributed by atoms with E-state index < -0.39 is 0 Å². The average molecular weight is 244 g/mol. The molecule has 4 aromatic rings. The molecular formula is C19H16. The number of rotatable bonds is 0. The summed E-state index contributed by atoms with van der Waals surface area (Å²) >= 11 is 0. The van der Waals surface area contributed by atoms with E-state index in [2.05, 4.69) is 72.8 Å². The number of hydrogen-bond donors (Lipinski definition) is 0. The Morgan fingerprint density at radius 2 is 0.789 bits per heavy atom. The van der Waals surface area contributed by atoms with Crippen LogP contribution in [0.5, 0.6) is 0 Å². The molecule has 0 aliphatic heterocycles. The molecule has 0 radical (unpaired) electrons. The highest BCUT2D eigenvalue weighted by Gasteiger charge is 2.03. The van der Waals surface area contributed by atoms with Crippen molar-refractivity contribution in [1.29, 1.82) is 0 Å². The lowest BCUT2D eigenvalue weighted by Gasteiger charge is -2.07. The summed E-state index contributed by atoms with van der Waals surface area (Å²) in [5, 5.41) is 7.96. The van der Waals surface area contributed by atoms with E-state index in [1.807, 2.05) is 0 Å². The summed E-state index contributed by atoms with van der Waals surface area (Å²) in [6.45, 7) is 0. The fourth-order valence-corrected chi connectivity index (χ4v) is 2.77. The van der Waals surface area contributed by atoms with Gasteiger partial charge in [-0.05, 0) is 32.3 Å². The van der Waals surface area contributed by atoms with E-state index in [4.69, 9.17) is 0 Å². The van der Waals surface area contributed by atoms with Gasteiger partial charge in [0.15, 0.2) is 0 Å². The zero-order valence-corrected chi connectivity index (χ0v) is 9.93. The molecular weight excluding hydrogens is 228 g/mol. The second-order valence-corrected chi connectivity index (χ2v) is 4.67. The van der Waals surface area contributed by atoms with E-state index in [0.717, 1.165) is 0 Å². The summed E-state index contributed by atoms with van der Waals surface area (Å²) in [7, 11) is 0. The normalized spacial score (nSPS) is 10.7. The Morgan fingerprint density at radius 3 is 1.26 bits per heavy atom. The minimum Gasteiger partial charge on any atom is -0.0776 e. The lowest BCUT2D eigenvalue weighted by atomic mass is 9.97. The Kier molecular flexibility index (Phi) is 2.72. The Morgan fingerprint density at radius 1 is 0.368 bits per heavy atom. The first-order valence-electron chi connectivity index (χ1n) is 6.23.